The molecule has 0 aliphatic heterocycles. The number of nitrogens with zero attached hydrogens (tertiary/aromatic N) is 2. The minimum atomic E-state index is 0.558. The van der Waals surface area contributed by atoms with E-state index in [0.717, 1.165) is 27.3 Å². The first-order chi connectivity index (χ1) is 8.86. The van der Waals surface area contributed by atoms with Crippen molar-refractivity contribution in [2.45, 2.75) is 6.54 Å². The van der Waals surface area contributed by atoms with Gasteiger partial charge in [-0.2, -0.15) is 0 Å². The zero-order chi connectivity index (χ0) is 12.4. The standard InChI is InChI=1S/C13H12N4S/c14-7-9-1-3-10(4-2-9)17-13-12-11(5-6-18-12)15-8-16-13/h1-6,8H,7,14H2,(H,15,16,17). The zero-order valence-electron chi connectivity index (χ0n) is 9.63. The Labute approximate surface area is 109 Å². The van der Waals surface area contributed by atoms with Crippen LogP contribution in [0.4, 0.5) is 11.5 Å². The fourth-order valence-corrected chi connectivity index (χ4v) is 2.53. The van der Waals surface area contributed by atoms with Crippen LogP contribution in [-0.2, 0) is 6.54 Å². The van der Waals surface area contributed by atoms with Gasteiger partial charge in [0.25, 0.3) is 0 Å². The van der Waals surface area contributed by atoms with E-state index in [1.54, 1.807) is 17.7 Å². The zero-order valence-corrected chi connectivity index (χ0v) is 10.4. The first kappa shape index (κ1) is 11.1. The second-order valence-corrected chi connectivity index (χ2v) is 4.80. The fourth-order valence-electron chi connectivity index (χ4n) is 1.74. The molecule has 0 aliphatic rings. The molecule has 0 saturated carbocycles. The van der Waals surface area contributed by atoms with Gasteiger partial charge >= 0.3 is 0 Å². The monoisotopic (exact) mass is 256 g/mol. The third kappa shape index (κ3) is 2.05. The molecule has 3 aromatic rings. The van der Waals surface area contributed by atoms with E-state index in [-0.39, 0.29) is 0 Å². The smallest absolute Gasteiger partial charge is 0.151 e. The molecule has 4 nitrogen and oxygen atoms in total. The number of anilines is 2. The van der Waals surface area contributed by atoms with Crippen molar-refractivity contribution in [3.63, 3.8) is 0 Å². The fraction of sp³-hybridized carbons (Fsp3) is 0.0769. The summed E-state index contributed by atoms with van der Waals surface area (Å²) in [7, 11) is 0. The van der Waals surface area contributed by atoms with Crippen LogP contribution in [0, 0.1) is 0 Å². The summed E-state index contributed by atoms with van der Waals surface area (Å²) in [5.74, 6) is 0.843. The summed E-state index contributed by atoms with van der Waals surface area (Å²) >= 11 is 1.63. The average Bonchev–Trinajstić information content (AvgIpc) is 2.89. The number of nitrogens with one attached hydrogen (secondary N) is 1. The minimum Gasteiger partial charge on any atom is -0.339 e. The maximum atomic E-state index is 5.57. The van der Waals surface area contributed by atoms with Crippen LogP contribution in [0.15, 0.2) is 42.0 Å². The second-order valence-electron chi connectivity index (χ2n) is 3.88. The van der Waals surface area contributed by atoms with Gasteiger partial charge in [0.1, 0.15) is 6.33 Å². The highest BCUT2D eigenvalue weighted by Crippen LogP contribution is 2.27. The third-order valence-corrected chi connectivity index (χ3v) is 3.61. The Balaban J connectivity index is 1.93. The molecule has 1 aromatic carbocycles. The van der Waals surface area contributed by atoms with E-state index in [1.165, 1.54) is 0 Å². The van der Waals surface area contributed by atoms with Crippen molar-refractivity contribution in [2.75, 3.05) is 5.32 Å². The van der Waals surface area contributed by atoms with Crippen LogP contribution < -0.4 is 11.1 Å². The van der Waals surface area contributed by atoms with Crippen molar-refractivity contribution in [3.05, 3.63) is 47.6 Å². The lowest BCUT2D eigenvalue weighted by Gasteiger charge is -2.06. The van der Waals surface area contributed by atoms with Gasteiger partial charge in [-0.25, -0.2) is 9.97 Å². The number of hydrogen-bond donors (Lipinski definition) is 2. The van der Waals surface area contributed by atoms with Gasteiger partial charge in [0, 0.05) is 12.2 Å². The molecule has 0 bridgehead atoms. The van der Waals surface area contributed by atoms with Crippen molar-refractivity contribution in [1.29, 1.82) is 0 Å². The number of aromatic nitrogens is 2. The van der Waals surface area contributed by atoms with E-state index >= 15 is 0 Å². The summed E-state index contributed by atoms with van der Waals surface area (Å²) < 4.78 is 1.07. The Kier molecular flexibility index (Phi) is 2.92. The molecule has 0 unspecified atom stereocenters. The van der Waals surface area contributed by atoms with Crippen molar-refractivity contribution in [3.8, 4) is 0 Å². The van der Waals surface area contributed by atoms with Crippen molar-refractivity contribution in [1.82, 2.24) is 9.97 Å². The Morgan fingerprint density at radius 1 is 1.11 bits per heavy atom. The molecule has 5 heteroatoms. The molecule has 0 radical (unpaired) electrons. The highest BCUT2D eigenvalue weighted by Gasteiger charge is 2.04. The number of fused-ring (bicyclic) bond motifs is 1. The van der Waals surface area contributed by atoms with E-state index < -0.39 is 0 Å². The summed E-state index contributed by atoms with van der Waals surface area (Å²) in [5.41, 5.74) is 8.66. The van der Waals surface area contributed by atoms with Crippen LogP contribution in [-0.4, -0.2) is 9.97 Å². The van der Waals surface area contributed by atoms with Crippen LogP contribution in [0.3, 0.4) is 0 Å². The second kappa shape index (κ2) is 4.72. The normalized spacial score (nSPS) is 10.7. The SMILES string of the molecule is NCc1ccc(Nc2ncnc3ccsc23)cc1. The summed E-state index contributed by atoms with van der Waals surface area (Å²) in [6, 6.07) is 10.0. The molecule has 0 amide bonds. The molecule has 0 saturated heterocycles. The lowest BCUT2D eigenvalue weighted by atomic mass is 10.2. The van der Waals surface area contributed by atoms with Crippen LogP contribution >= 0.6 is 11.3 Å². The quantitative estimate of drug-likeness (QED) is 0.756. The highest BCUT2D eigenvalue weighted by molar-refractivity contribution is 7.17. The number of thiophene rings is 1. The van der Waals surface area contributed by atoms with Crippen LogP contribution in [0.25, 0.3) is 10.2 Å². The maximum Gasteiger partial charge on any atom is 0.151 e. The molecule has 0 spiro atoms. The summed E-state index contributed by atoms with van der Waals surface area (Å²) in [4.78, 5) is 8.49. The summed E-state index contributed by atoms with van der Waals surface area (Å²) in [6.45, 7) is 0.558. The van der Waals surface area contributed by atoms with Crippen molar-refractivity contribution >= 4 is 33.1 Å². The van der Waals surface area contributed by atoms with Crippen molar-refractivity contribution in [2.24, 2.45) is 5.73 Å². The average molecular weight is 256 g/mol. The van der Waals surface area contributed by atoms with Crippen molar-refractivity contribution < 1.29 is 0 Å². The predicted octanol–water partition coefficient (Wildman–Crippen LogP) is 2.89. The molecular weight excluding hydrogens is 244 g/mol. The van der Waals surface area contributed by atoms with Crippen LogP contribution in [0.1, 0.15) is 5.56 Å². The molecule has 2 aromatic heterocycles. The van der Waals surface area contributed by atoms with Gasteiger partial charge in [0.2, 0.25) is 0 Å². The summed E-state index contributed by atoms with van der Waals surface area (Å²) in [5, 5.41) is 5.32. The molecule has 18 heavy (non-hydrogen) atoms. The largest absolute Gasteiger partial charge is 0.339 e. The number of nitrogens with two attached hydrogens (primary N) is 1. The number of benzene rings is 1. The topological polar surface area (TPSA) is 63.8 Å². The highest BCUT2D eigenvalue weighted by atomic mass is 32.1. The number of rotatable bonds is 3. The third-order valence-electron chi connectivity index (χ3n) is 2.70. The van der Waals surface area contributed by atoms with E-state index in [2.05, 4.69) is 15.3 Å². The molecule has 0 atom stereocenters. The van der Waals surface area contributed by atoms with Crippen LogP contribution in [0.2, 0.25) is 0 Å². The molecule has 3 rings (SSSR count). The van der Waals surface area contributed by atoms with E-state index in [1.807, 2.05) is 35.7 Å². The maximum absolute atomic E-state index is 5.57. The Morgan fingerprint density at radius 2 is 1.94 bits per heavy atom. The minimum absolute atomic E-state index is 0.558. The molecular formula is C13H12N4S. The van der Waals surface area contributed by atoms with Gasteiger partial charge in [-0.05, 0) is 29.1 Å². The lowest BCUT2D eigenvalue weighted by molar-refractivity contribution is 1.07. The Hall–Kier alpha value is -1.98. The van der Waals surface area contributed by atoms with Gasteiger partial charge in [-0.3, -0.25) is 0 Å². The van der Waals surface area contributed by atoms with Gasteiger partial charge < -0.3 is 11.1 Å². The van der Waals surface area contributed by atoms with E-state index in [0.29, 0.717) is 6.54 Å². The van der Waals surface area contributed by atoms with Gasteiger partial charge in [0.15, 0.2) is 5.82 Å². The molecule has 3 N–H and O–H groups in total. The predicted molar refractivity (Wildman–Crippen MR) is 75.0 cm³/mol. The van der Waals surface area contributed by atoms with Gasteiger partial charge in [-0.15, -0.1) is 11.3 Å². The van der Waals surface area contributed by atoms with E-state index in [4.69, 9.17) is 5.73 Å². The summed E-state index contributed by atoms with van der Waals surface area (Å²) in [6.07, 6.45) is 1.58. The lowest BCUT2D eigenvalue weighted by Crippen LogP contribution is -1.97. The van der Waals surface area contributed by atoms with Crippen LogP contribution in [0.5, 0.6) is 0 Å². The first-order valence-electron chi connectivity index (χ1n) is 5.61. The van der Waals surface area contributed by atoms with Gasteiger partial charge in [0.05, 0.1) is 10.2 Å². The molecule has 0 aliphatic carbocycles. The Morgan fingerprint density at radius 3 is 2.72 bits per heavy atom. The Bertz CT molecular complexity index is 660. The molecule has 2 heterocycles. The van der Waals surface area contributed by atoms with Gasteiger partial charge in [-0.1, -0.05) is 12.1 Å². The van der Waals surface area contributed by atoms with E-state index in [9.17, 15) is 0 Å². The first-order valence-corrected chi connectivity index (χ1v) is 6.49. The number of hydrogen-bond acceptors (Lipinski definition) is 5. The molecule has 0 fully saturated rings. The molecule has 90 valence electrons.